The first kappa shape index (κ1) is 19.2. The molecule has 1 amide bonds. The molecule has 154 valence electrons. The van der Waals surface area contributed by atoms with Gasteiger partial charge in [0.25, 0.3) is 0 Å². The average molecular weight is 400 g/mol. The Morgan fingerprint density at radius 1 is 1.28 bits per heavy atom. The molecule has 0 aromatic carbocycles. The zero-order chi connectivity index (χ0) is 20.8. The van der Waals surface area contributed by atoms with E-state index in [0.29, 0.717) is 31.2 Å². The topological polar surface area (TPSA) is 133 Å². The quantitative estimate of drug-likeness (QED) is 0.712. The lowest BCUT2D eigenvalue weighted by molar-refractivity contribution is 0.0224. The number of carbonyl (C=O) groups is 2. The lowest BCUT2D eigenvalue weighted by atomic mass is 10.1. The third-order valence-corrected chi connectivity index (χ3v) is 5.02. The van der Waals surface area contributed by atoms with Gasteiger partial charge < -0.3 is 20.1 Å². The van der Waals surface area contributed by atoms with Gasteiger partial charge in [-0.15, -0.1) is 0 Å². The van der Waals surface area contributed by atoms with Gasteiger partial charge in [-0.25, -0.2) is 19.6 Å². The summed E-state index contributed by atoms with van der Waals surface area (Å²) >= 11 is 0. The fraction of sp³-hybridized carbons (Fsp3) is 0.526. The molecular weight excluding hydrogens is 376 g/mol. The maximum atomic E-state index is 12.4. The Balaban J connectivity index is 1.51. The molecule has 1 aliphatic heterocycles. The molecule has 0 unspecified atom stereocenters. The van der Waals surface area contributed by atoms with Gasteiger partial charge in [0, 0.05) is 36.6 Å². The molecule has 2 aliphatic rings. The van der Waals surface area contributed by atoms with E-state index in [0.717, 1.165) is 24.1 Å². The van der Waals surface area contributed by atoms with E-state index in [1.54, 1.807) is 4.90 Å². The van der Waals surface area contributed by atoms with E-state index in [9.17, 15) is 9.59 Å². The summed E-state index contributed by atoms with van der Waals surface area (Å²) in [5.74, 6) is 0.147. The number of fused-ring (bicyclic) bond motifs is 1. The van der Waals surface area contributed by atoms with Crippen LogP contribution in [0.5, 0.6) is 0 Å². The van der Waals surface area contributed by atoms with Crippen molar-refractivity contribution in [3.8, 4) is 0 Å². The van der Waals surface area contributed by atoms with Crippen LogP contribution in [0.1, 0.15) is 61.1 Å². The Bertz CT molecular complexity index is 943. The van der Waals surface area contributed by atoms with Gasteiger partial charge in [-0.3, -0.25) is 5.10 Å². The monoisotopic (exact) mass is 400 g/mol. The predicted octanol–water partition coefficient (Wildman–Crippen LogP) is 2.29. The lowest BCUT2D eigenvalue weighted by Gasteiger charge is -2.30. The van der Waals surface area contributed by atoms with E-state index in [4.69, 9.17) is 9.84 Å². The fourth-order valence-electron chi connectivity index (χ4n) is 3.32. The highest BCUT2D eigenvalue weighted by atomic mass is 16.6. The summed E-state index contributed by atoms with van der Waals surface area (Å²) in [6.45, 7) is 6.50. The van der Waals surface area contributed by atoms with Gasteiger partial charge >= 0.3 is 12.1 Å². The predicted molar refractivity (Wildman–Crippen MR) is 102 cm³/mol. The Labute approximate surface area is 167 Å². The number of carboxylic acid groups (broad SMARTS) is 1. The third kappa shape index (κ3) is 3.87. The SMILES string of the molecule is CC(C)(C)OC(=O)N1CCc2[nH]nc(NC3(c4ncc(C(=O)O)cn4)CC3)c2C1. The minimum atomic E-state index is -1.06. The molecule has 10 nitrogen and oxygen atoms in total. The molecule has 3 heterocycles. The second-order valence-electron chi connectivity index (χ2n) is 8.49. The van der Waals surface area contributed by atoms with Crippen LogP contribution in [0.25, 0.3) is 0 Å². The molecule has 0 spiro atoms. The number of rotatable bonds is 4. The molecule has 10 heteroatoms. The number of nitrogens with zero attached hydrogens (tertiary/aromatic N) is 4. The minimum Gasteiger partial charge on any atom is -0.478 e. The van der Waals surface area contributed by atoms with Crippen LogP contribution in [0.3, 0.4) is 0 Å². The maximum Gasteiger partial charge on any atom is 0.410 e. The Morgan fingerprint density at radius 3 is 2.55 bits per heavy atom. The normalized spacial score (nSPS) is 17.4. The number of anilines is 1. The molecule has 1 saturated carbocycles. The number of hydrogen-bond acceptors (Lipinski definition) is 7. The van der Waals surface area contributed by atoms with E-state index in [-0.39, 0.29) is 11.7 Å². The molecule has 2 aromatic heterocycles. The molecular formula is C19H24N6O4. The van der Waals surface area contributed by atoms with Crippen molar-refractivity contribution in [2.24, 2.45) is 0 Å². The summed E-state index contributed by atoms with van der Waals surface area (Å²) < 4.78 is 5.49. The van der Waals surface area contributed by atoms with Crippen molar-refractivity contribution in [2.45, 2.75) is 57.7 Å². The Hall–Kier alpha value is -3.17. The second-order valence-corrected chi connectivity index (χ2v) is 8.49. The maximum absolute atomic E-state index is 12.4. The first-order chi connectivity index (χ1) is 13.7. The number of nitrogens with one attached hydrogen (secondary N) is 2. The number of carbonyl (C=O) groups excluding carboxylic acids is 1. The van der Waals surface area contributed by atoms with Gasteiger partial charge in [-0.2, -0.15) is 5.10 Å². The molecule has 4 rings (SSSR count). The van der Waals surface area contributed by atoms with Gasteiger partial charge in [0.05, 0.1) is 17.6 Å². The zero-order valence-electron chi connectivity index (χ0n) is 16.7. The zero-order valence-corrected chi connectivity index (χ0v) is 16.7. The number of aromatic carboxylic acids is 1. The van der Waals surface area contributed by atoms with Crippen LogP contribution >= 0.6 is 0 Å². The van der Waals surface area contributed by atoms with Crippen LogP contribution in [-0.4, -0.2) is 54.4 Å². The first-order valence-electron chi connectivity index (χ1n) is 9.55. The largest absolute Gasteiger partial charge is 0.478 e. The number of ether oxygens (including phenoxy) is 1. The van der Waals surface area contributed by atoms with E-state index in [1.807, 2.05) is 20.8 Å². The molecule has 0 bridgehead atoms. The highest BCUT2D eigenvalue weighted by Crippen LogP contribution is 2.47. The molecule has 0 saturated heterocycles. The minimum absolute atomic E-state index is 0.0506. The third-order valence-electron chi connectivity index (χ3n) is 5.02. The summed E-state index contributed by atoms with van der Waals surface area (Å²) in [6, 6.07) is 0. The van der Waals surface area contributed by atoms with Crippen LogP contribution in [0.15, 0.2) is 12.4 Å². The van der Waals surface area contributed by atoms with Crippen molar-refractivity contribution in [2.75, 3.05) is 11.9 Å². The number of carboxylic acids is 1. The van der Waals surface area contributed by atoms with Gasteiger partial charge in [0.1, 0.15) is 5.60 Å². The second kappa shape index (κ2) is 6.71. The molecule has 29 heavy (non-hydrogen) atoms. The van der Waals surface area contributed by atoms with Crippen molar-refractivity contribution in [1.29, 1.82) is 0 Å². The number of H-pyrrole nitrogens is 1. The number of amides is 1. The van der Waals surface area contributed by atoms with Crippen molar-refractivity contribution in [1.82, 2.24) is 25.1 Å². The summed E-state index contributed by atoms with van der Waals surface area (Å²) in [6.07, 6.45) is 4.59. The summed E-state index contributed by atoms with van der Waals surface area (Å²) in [4.78, 5) is 33.6. The molecule has 2 aromatic rings. The van der Waals surface area contributed by atoms with Crippen molar-refractivity contribution in [3.63, 3.8) is 0 Å². The van der Waals surface area contributed by atoms with Gasteiger partial charge in [0.2, 0.25) is 0 Å². The van der Waals surface area contributed by atoms with E-state index in [2.05, 4.69) is 25.5 Å². The van der Waals surface area contributed by atoms with Crippen LogP contribution in [-0.2, 0) is 23.2 Å². The molecule has 1 fully saturated rings. The van der Waals surface area contributed by atoms with Crippen molar-refractivity contribution >= 4 is 17.9 Å². The van der Waals surface area contributed by atoms with Crippen molar-refractivity contribution in [3.05, 3.63) is 35.0 Å². The molecule has 1 aliphatic carbocycles. The molecule has 0 atom stereocenters. The van der Waals surface area contributed by atoms with Gasteiger partial charge in [0.15, 0.2) is 11.6 Å². The molecule has 3 N–H and O–H groups in total. The highest BCUT2D eigenvalue weighted by Gasteiger charge is 2.48. The average Bonchev–Trinajstić information content (AvgIpc) is 3.34. The molecule has 0 radical (unpaired) electrons. The highest BCUT2D eigenvalue weighted by molar-refractivity contribution is 5.86. The first-order valence-corrected chi connectivity index (χ1v) is 9.55. The van der Waals surface area contributed by atoms with E-state index < -0.39 is 17.1 Å². The van der Waals surface area contributed by atoms with Crippen molar-refractivity contribution < 1.29 is 19.4 Å². The number of aromatic nitrogens is 4. The summed E-state index contributed by atoms with van der Waals surface area (Å²) in [5, 5.41) is 19.9. The smallest absolute Gasteiger partial charge is 0.410 e. The van der Waals surface area contributed by atoms with Crippen LogP contribution in [0.2, 0.25) is 0 Å². The van der Waals surface area contributed by atoms with Crippen LogP contribution in [0.4, 0.5) is 10.6 Å². The van der Waals surface area contributed by atoms with Gasteiger partial charge in [-0.05, 0) is 33.6 Å². The van der Waals surface area contributed by atoms with Crippen LogP contribution in [0, 0.1) is 0 Å². The summed E-state index contributed by atoms with van der Waals surface area (Å²) in [7, 11) is 0. The number of aromatic amines is 1. The number of hydrogen-bond donors (Lipinski definition) is 3. The van der Waals surface area contributed by atoms with E-state index >= 15 is 0 Å². The van der Waals surface area contributed by atoms with Crippen LogP contribution < -0.4 is 5.32 Å². The van der Waals surface area contributed by atoms with Gasteiger partial charge in [-0.1, -0.05) is 0 Å². The standard InChI is InChI=1S/C19H24N6O4/c1-18(2,3)29-17(28)25-7-4-13-12(10-25)14(24-23-13)22-19(5-6-19)16-20-8-11(9-21-16)15(26)27/h8-9H,4-7,10H2,1-3H3,(H,26,27)(H2,22,23,24). The Morgan fingerprint density at radius 2 is 1.97 bits per heavy atom. The fourth-order valence-corrected chi connectivity index (χ4v) is 3.32. The Kier molecular flexibility index (Phi) is 4.44. The summed E-state index contributed by atoms with van der Waals surface area (Å²) in [5.41, 5.74) is 0.955. The lowest BCUT2D eigenvalue weighted by Crippen LogP contribution is -2.40. The van der Waals surface area contributed by atoms with E-state index in [1.165, 1.54) is 12.4 Å².